The Morgan fingerprint density at radius 1 is 0.437 bits per heavy atom. The lowest BCUT2D eigenvalue weighted by atomic mass is 9.36. The summed E-state index contributed by atoms with van der Waals surface area (Å²) in [5.74, 6) is 0. The molecule has 10 aromatic carbocycles. The largest absolute Gasteiger partial charge is 0.311 e. The second-order valence-electron chi connectivity index (χ2n) is 29.2. The first-order chi connectivity index (χ1) is 41.5. The van der Waals surface area contributed by atoms with Crippen LogP contribution in [-0.2, 0) is 27.1 Å². The highest BCUT2D eigenvalue weighted by molar-refractivity contribution is 7.33. The van der Waals surface area contributed by atoms with Crippen molar-refractivity contribution < 1.29 is 0 Å². The molecule has 11 aromatic rings. The zero-order chi connectivity index (χ0) is 60.5. The van der Waals surface area contributed by atoms with Gasteiger partial charge >= 0.3 is 0 Å². The van der Waals surface area contributed by atoms with Gasteiger partial charge < -0.3 is 14.7 Å². The van der Waals surface area contributed by atoms with Gasteiger partial charge in [-0.1, -0.05) is 236 Å². The molecule has 3 nitrogen and oxygen atoms in total. The van der Waals surface area contributed by atoms with Gasteiger partial charge in [0, 0.05) is 60.1 Å². The molecule has 0 radical (unpaired) electrons. The third-order valence-electron chi connectivity index (χ3n) is 19.4. The van der Waals surface area contributed by atoms with Crippen molar-refractivity contribution in [2.45, 2.75) is 130 Å². The Bertz CT molecular complexity index is 4440. The van der Waals surface area contributed by atoms with Crippen LogP contribution in [0.4, 0.5) is 51.2 Å². The molecule has 1 aromatic heterocycles. The van der Waals surface area contributed by atoms with Crippen molar-refractivity contribution in [2.24, 2.45) is 0 Å². The molecule has 432 valence electrons. The summed E-state index contributed by atoms with van der Waals surface area (Å²) in [5, 5.41) is 1.27. The fourth-order valence-corrected chi connectivity index (χ4v) is 15.7. The molecular weight excluding hydrogens is 1070 g/mol. The maximum Gasteiger partial charge on any atom is 0.264 e. The summed E-state index contributed by atoms with van der Waals surface area (Å²) in [6.07, 6.45) is 2.24. The van der Waals surface area contributed by atoms with Gasteiger partial charge in [-0.3, -0.25) is 0 Å². The van der Waals surface area contributed by atoms with Crippen molar-refractivity contribution in [1.82, 2.24) is 0 Å². The van der Waals surface area contributed by atoms with E-state index in [4.69, 9.17) is 0 Å². The van der Waals surface area contributed by atoms with Crippen molar-refractivity contribution in [2.75, 3.05) is 14.7 Å². The van der Waals surface area contributed by atoms with Crippen LogP contribution in [0.15, 0.2) is 224 Å². The van der Waals surface area contributed by atoms with Crippen LogP contribution in [0.5, 0.6) is 0 Å². The Morgan fingerprint density at radius 2 is 1.00 bits per heavy atom. The van der Waals surface area contributed by atoms with Crippen LogP contribution in [0, 0.1) is 0 Å². The predicted molar refractivity (Wildman–Crippen MR) is 378 cm³/mol. The highest BCUT2D eigenvalue weighted by atomic mass is 32.1. The Labute approximate surface area is 522 Å². The lowest BCUT2D eigenvalue weighted by Gasteiger charge is -2.46. The molecule has 0 saturated carbocycles. The zero-order valence-corrected chi connectivity index (χ0v) is 53.9. The minimum atomic E-state index is -0.0885. The number of benzene rings is 10. The lowest BCUT2D eigenvalue weighted by Crippen LogP contribution is -2.60. The molecule has 0 unspecified atom stereocenters. The Kier molecular flexibility index (Phi) is 13.4. The zero-order valence-electron chi connectivity index (χ0n) is 53.1. The molecule has 5 heteroatoms. The highest BCUT2D eigenvalue weighted by Gasteiger charge is 2.47. The van der Waals surface area contributed by atoms with Crippen LogP contribution in [0.25, 0.3) is 43.5 Å². The van der Waals surface area contributed by atoms with E-state index in [2.05, 4.69) is 329 Å². The molecule has 87 heavy (non-hydrogen) atoms. The van der Waals surface area contributed by atoms with E-state index in [9.17, 15) is 0 Å². The van der Waals surface area contributed by atoms with Gasteiger partial charge in [-0.05, 0) is 180 Å². The minimum Gasteiger partial charge on any atom is -0.311 e. The molecule has 3 heterocycles. The van der Waals surface area contributed by atoms with Gasteiger partial charge in [0.15, 0.2) is 0 Å². The number of fused-ring (bicyclic) bond motifs is 7. The monoisotopic (exact) mass is 1150 g/mol. The number of rotatable bonds is 8. The van der Waals surface area contributed by atoms with E-state index < -0.39 is 0 Å². The number of hydrogen-bond donors (Lipinski definition) is 0. The van der Waals surface area contributed by atoms with Gasteiger partial charge in [0.05, 0.1) is 17.1 Å². The van der Waals surface area contributed by atoms with Crippen molar-refractivity contribution in [3.8, 4) is 33.4 Å². The smallest absolute Gasteiger partial charge is 0.264 e. The van der Waals surface area contributed by atoms with Crippen molar-refractivity contribution in [3.63, 3.8) is 0 Å². The SMILES string of the molecule is CC(C)(C)c1ccc(N(c2ccc3c(c2)N(c2ccc4c(c2-c2ccccc2)C(C)(C)CCC4(C)C)c2cccc4c2B3c2sc3ccc(-c5ccccc5)cc3c2N4c2ccc(C(C)(C)C)cc2)c2ccc(C(C)(C)C)cc2-c2ccccc2)cc1. The van der Waals surface area contributed by atoms with Gasteiger partial charge in [0.2, 0.25) is 0 Å². The average Bonchev–Trinajstić information content (AvgIpc) is 1.76. The van der Waals surface area contributed by atoms with E-state index in [1.165, 1.54) is 115 Å². The van der Waals surface area contributed by atoms with E-state index >= 15 is 0 Å². The molecular formula is C82H80BN3S. The number of hydrogen-bond acceptors (Lipinski definition) is 4. The van der Waals surface area contributed by atoms with Gasteiger partial charge in [-0.15, -0.1) is 11.3 Å². The average molecular weight is 1150 g/mol. The summed E-state index contributed by atoms with van der Waals surface area (Å²) < 4.78 is 2.65. The molecule has 0 N–H and O–H groups in total. The Hall–Kier alpha value is -8.38. The van der Waals surface area contributed by atoms with E-state index in [-0.39, 0.29) is 33.8 Å². The standard InChI is InChI=1S/C82H80BN3S/c1-78(2,3)57-33-38-60(39-34-57)84(67-45-37-59(80(7,8)9)51-63(67)54-26-19-15-20-27-54)62-42-44-66-71(52-62)86(68-46-43-65-74(73(68)55-28-21-16-22-29-55)82(12,13)49-48-81(65,10)11)70-31-23-30-69-75(70)83(66)77-76(85(69)61-40-35-58(36-41-61)79(4,5)6)64-50-56(32-47-72(64)87-77)53-24-17-14-18-25-53/h14-47,50-52H,48-49H2,1-13H3. The van der Waals surface area contributed by atoms with Crippen molar-refractivity contribution in [1.29, 1.82) is 0 Å². The Morgan fingerprint density at radius 3 is 1.63 bits per heavy atom. The second kappa shape index (κ2) is 20.6. The van der Waals surface area contributed by atoms with Crippen LogP contribution < -0.4 is 30.4 Å². The normalized spacial score (nSPS) is 15.0. The van der Waals surface area contributed by atoms with Crippen LogP contribution in [-0.4, -0.2) is 6.71 Å². The molecule has 3 aliphatic rings. The summed E-state index contributed by atoms with van der Waals surface area (Å²) in [7, 11) is 0. The fourth-order valence-electron chi connectivity index (χ4n) is 14.4. The van der Waals surface area contributed by atoms with E-state index in [1.54, 1.807) is 0 Å². The lowest BCUT2D eigenvalue weighted by molar-refractivity contribution is 0.333. The van der Waals surface area contributed by atoms with Crippen molar-refractivity contribution in [3.05, 3.63) is 252 Å². The fraction of sp³-hybridized carbons (Fsp3) is 0.244. The minimum absolute atomic E-state index is 0.0000709. The van der Waals surface area contributed by atoms with Crippen LogP contribution in [0.1, 0.15) is 131 Å². The predicted octanol–water partition coefficient (Wildman–Crippen LogP) is 21.7. The van der Waals surface area contributed by atoms with Crippen LogP contribution >= 0.6 is 11.3 Å². The molecule has 0 saturated heterocycles. The molecule has 0 atom stereocenters. The summed E-state index contributed by atoms with van der Waals surface area (Å²) in [6.45, 7) is 30.7. The molecule has 0 amide bonds. The van der Waals surface area contributed by atoms with Gasteiger partial charge in [-0.25, -0.2) is 0 Å². The van der Waals surface area contributed by atoms with Gasteiger partial charge in [0.1, 0.15) is 0 Å². The number of anilines is 9. The molecule has 1 aliphatic carbocycles. The summed E-state index contributed by atoms with van der Waals surface area (Å²) in [4.78, 5) is 7.86. The first-order valence-electron chi connectivity index (χ1n) is 31.5. The Balaban J connectivity index is 1.10. The quantitative estimate of drug-likeness (QED) is 0.140. The molecule has 0 fully saturated rings. The number of nitrogens with zero attached hydrogens (tertiary/aromatic N) is 3. The van der Waals surface area contributed by atoms with E-state index in [0.29, 0.717) is 0 Å². The maximum atomic E-state index is 2.70. The first kappa shape index (κ1) is 56.4. The van der Waals surface area contributed by atoms with Crippen LogP contribution in [0.2, 0.25) is 0 Å². The second-order valence-corrected chi connectivity index (χ2v) is 30.3. The third kappa shape index (κ3) is 9.64. The summed E-state index contributed by atoms with van der Waals surface area (Å²) in [5.41, 5.74) is 27.3. The summed E-state index contributed by atoms with van der Waals surface area (Å²) in [6, 6.07) is 86.1. The number of thiophene rings is 1. The molecule has 14 rings (SSSR count). The summed E-state index contributed by atoms with van der Waals surface area (Å²) >= 11 is 1.97. The molecule has 0 spiro atoms. The molecule has 0 bridgehead atoms. The van der Waals surface area contributed by atoms with Crippen molar-refractivity contribution >= 4 is 95.0 Å². The molecule has 2 aliphatic heterocycles. The van der Waals surface area contributed by atoms with Crippen LogP contribution in [0.3, 0.4) is 0 Å². The maximum absolute atomic E-state index is 2.70. The topological polar surface area (TPSA) is 9.72 Å². The van der Waals surface area contributed by atoms with E-state index in [1.807, 2.05) is 11.3 Å². The van der Waals surface area contributed by atoms with Gasteiger partial charge in [-0.2, -0.15) is 0 Å². The third-order valence-corrected chi connectivity index (χ3v) is 20.6. The van der Waals surface area contributed by atoms with Gasteiger partial charge in [0.25, 0.3) is 6.71 Å². The van der Waals surface area contributed by atoms with E-state index in [0.717, 1.165) is 35.6 Å². The highest BCUT2D eigenvalue weighted by Crippen LogP contribution is 2.56. The first-order valence-corrected chi connectivity index (χ1v) is 32.3.